The smallest absolute Gasteiger partial charge is 0.231 e. The maximum atomic E-state index is 12.8. The zero-order chi connectivity index (χ0) is 20.5. The van der Waals surface area contributed by atoms with Crippen LogP contribution in [-0.2, 0) is 5.41 Å². The predicted molar refractivity (Wildman–Crippen MR) is 114 cm³/mol. The number of hydrogen-bond acceptors (Lipinski definition) is 3. The molecule has 0 N–H and O–H groups in total. The summed E-state index contributed by atoms with van der Waals surface area (Å²) in [6, 6.07) is 11.9. The average molecular weight is 376 g/mol. The number of carbonyl (C=O) groups excluding carboxylic acids is 1. The zero-order valence-electron chi connectivity index (χ0n) is 17.6. The highest BCUT2D eigenvalue weighted by molar-refractivity contribution is 6.14. The van der Waals surface area contributed by atoms with Gasteiger partial charge in [-0.1, -0.05) is 50.6 Å². The molecule has 1 heterocycles. The van der Waals surface area contributed by atoms with Gasteiger partial charge in [-0.15, -0.1) is 0 Å². The van der Waals surface area contributed by atoms with Crippen molar-refractivity contribution in [1.29, 1.82) is 0 Å². The van der Waals surface area contributed by atoms with Crippen LogP contribution in [0.25, 0.3) is 6.08 Å². The van der Waals surface area contributed by atoms with Gasteiger partial charge >= 0.3 is 0 Å². The van der Waals surface area contributed by atoms with Crippen molar-refractivity contribution in [2.75, 3.05) is 6.61 Å². The van der Waals surface area contributed by atoms with E-state index in [-0.39, 0.29) is 11.2 Å². The number of carbonyl (C=O) groups is 1. The molecule has 0 bridgehead atoms. The number of hydrogen-bond donors (Lipinski definition) is 0. The lowest BCUT2D eigenvalue weighted by atomic mass is 9.86. The molecule has 0 aliphatic carbocycles. The average Bonchev–Trinajstić information content (AvgIpc) is 2.93. The summed E-state index contributed by atoms with van der Waals surface area (Å²) in [5.74, 6) is 1.59. The summed E-state index contributed by atoms with van der Waals surface area (Å²) in [7, 11) is 0. The second-order valence-electron chi connectivity index (χ2n) is 8.47. The normalized spacial score (nSPS) is 14.6. The zero-order valence-corrected chi connectivity index (χ0v) is 17.6. The summed E-state index contributed by atoms with van der Waals surface area (Å²) in [5, 5.41) is 0. The van der Waals surface area contributed by atoms with Crippen LogP contribution < -0.4 is 9.47 Å². The van der Waals surface area contributed by atoms with Crippen molar-refractivity contribution in [2.45, 2.75) is 47.0 Å². The van der Waals surface area contributed by atoms with E-state index < -0.39 is 0 Å². The highest BCUT2D eigenvalue weighted by Crippen LogP contribution is 2.39. The van der Waals surface area contributed by atoms with Crippen LogP contribution >= 0.6 is 0 Å². The van der Waals surface area contributed by atoms with Crippen LogP contribution in [0.3, 0.4) is 0 Å². The molecule has 3 rings (SSSR count). The quantitative estimate of drug-likeness (QED) is 0.467. The van der Waals surface area contributed by atoms with Gasteiger partial charge in [0.2, 0.25) is 5.78 Å². The molecule has 0 saturated heterocycles. The minimum Gasteiger partial charge on any atom is -0.489 e. The van der Waals surface area contributed by atoms with Crippen LogP contribution in [0.4, 0.5) is 0 Å². The Labute approximate surface area is 167 Å². The van der Waals surface area contributed by atoms with Crippen LogP contribution in [-0.4, -0.2) is 12.4 Å². The fourth-order valence-corrected chi connectivity index (χ4v) is 3.05. The number of fused-ring (bicyclic) bond motifs is 1. The molecule has 146 valence electrons. The van der Waals surface area contributed by atoms with Gasteiger partial charge in [0.25, 0.3) is 0 Å². The van der Waals surface area contributed by atoms with E-state index in [2.05, 4.69) is 32.9 Å². The molecule has 2 aromatic carbocycles. The van der Waals surface area contributed by atoms with Crippen LogP contribution in [0.1, 0.15) is 61.7 Å². The SMILES string of the molecule is CC(C)=CCOc1ccc2c(c1C)O/C(=C\c1ccc(C(C)(C)C)cc1)C2=O. The van der Waals surface area contributed by atoms with E-state index in [1.165, 1.54) is 11.1 Å². The van der Waals surface area contributed by atoms with Crippen LogP contribution in [0.5, 0.6) is 11.5 Å². The van der Waals surface area contributed by atoms with E-state index in [1.54, 1.807) is 12.1 Å². The van der Waals surface area contributed by atoms with E-state index in [1.807, 2.05) is 45.0 Å². The molecule has 0 aromatic heterocycles. The summed E-state index contributed by atoms with van der Waals surface area (Å²) >= 11 is 0. The number of benzene rings is 2. The number of allylic oxidation sites excluding steroid dienone is 2. The Morgan fingerprint density at radius 3 is 2.36 bits per heavy atom. The van der Waals surface area contributed by atoms with Crippen molar-refractivity contribution in [3.05, 3.63) is 76.1 Å². The van der Waals surface area contributed by atoms with Crippen molar-refractivity contribution >= 4 is 11.9 Å². The molecule has 0 saturated carbocycles. The Morgan fingerprint density at radius 2 is 1.75 bits per heavy atom. The first-order valence-corrected chi connectivity index (χ1v) is 9.61. The highest BCUT2D eigenvalue weighted by atomic mass is 16.5. The minimum atomic E-state index is -0.0890. The number of rotatable bonds is 4. The molecule has 1 aliphatic heterocycles. The third-order valence-corrected chi connectivity index (χ3v) is 4.84. The Balaban J connectivity index is 1.84. The van der Waals surface area contributed by atoms with Gasteiger partial charge < -0.3 is 9.47 Å². The largest absolute Gasteiger partial charge is 0.489 e. The minimum absolute atomic E-state index is 0.0890. The third kappa shape index (κ3) is 4.19. The van der Waals surface area contributed by atoms with Gasteiger partial charge in [-0.25, -0.2) is 0 Å². The second kappa shape index (κ2) is 7.67. The summed E-state index contributed by atoms with van der Waals surface area (Å²) < 4.78 is 11.8. The molecule has 28 heavy (non-hydrogen) atoms. The van der Waals surface area contributed by atoms with Crippen molar-refractivity contribution in [3.8, 4) is 11.5 Å². The molecule has 0 amide bonds. The molecule has 0 unspecified atom stereocenters. The monoisotopic (exact) mass is 376 g/mol. The molecule has 0 radical (unpaired) electrons. The van der Waals surface area contributed by atoms with E-state index in [4.69, 9.17) is 9.47 Å². The summed E-state index contributed by atoms with van der Waals surface area (Å²) in [5.41, 5.74) is 4.94. The molecule has 3 nitrogen and oxygen atoms in total. The van der Waals surface area contributed by atoms with Gasteiger partial charge in [0.05, 0.1) is 5.56 Å². The molecule has 3 heteroatoms. The molecular formula is C25H28O3. The summed E-state index contributed by atoms with van der Waals surface area (Å²) in [6.45, 7) is 13.0. The van der Waals surface area contributed by atoms with Gasteiger partial charge in [-0.2, -0.15) is 0 Å². The maximum absolute atomic E-state index is 12.8. The van der Waals surface area contributed by atoms with Crippen LogP contribution in [0.15, 0.2) is 53.8 Å². The molecule has 0 atom stereocenters. The highest BCUT2D eigenvalue weighted by Gasteiger charge is 2.30. The Hall–Kier alpha value is -2.81. The van der Waals surface area contributed by atoms with Gasteiger partial charge in [0.15, 0.2) is 5.76 Å². The van der Waals surface area contributed by atoms with Gasteiger partial charge in [-0.05, 0) is 61.6 Å². The van der Waals surface area contributed by atoms with Crippen LogP contribution in [0.2, 0.25) is 0 Å². The number of ether oxygens (including phenoxy) is 2. The first kappa shape index (κ1) is 19.9. The van der Waals surface area contributed by atoms with E-state index in [0.717, 1.165) is 16.9 Å². The summed E-state index contributed by atoms with van der Waals surface area (Å²) in [6.07, 6.45) is 3.82. The maximum Gasteiger partial charge on any atom is 0.231 e. The Kier molecular flexibility index (Phi) is 5.46. The van der Waals surface area contributed by atoms with Crippen molar-refractivity contribution in [3.63, 3.8) is 0 Å². The second-order valence-corrected chi connectivity index (χ2v) is 8.47. The van der Waals surface area contributed by atoms with E-state index in [9.17, 15) is 4.79 Å². The number of ketones is 1. The molecule has 2 aromatic rings. The molecule has 0 fully saturated rings. The third-order valence-electron chi connectivity index (χ3n) is 4.84. The van der Waals surface area contributed by atoms with Crippen molar-refractivity contribution < 1.29 is 14.3 Å². The van der Waals surface area contributed by atoms with Gasteiger partial charge in [-0.3, -0.25) is 4.79 Å². The number of Topliss-reactive ketones (excluding diaryl/α,β-unsaturated/α-hetero) is 1. The summed E-state index contributed by atoms with van der Waals surface area (Å²) in [4.78, 5) is 12.8. The molecule has 1 aliphatic rings. The van der Waals surface area contributed by atoms with Crippen molar-refractivity contribution in [1.82, 2.24) is 0 Å². The van der Waals surface area contributed by atoms with E-state index >= 15 is 0 Å². The topological polar surface area (TPSA) is 35.5 Å². The fourth-order valence-electron chi connectivity index (χ4n) is 3.05. The molecular weight excluding hydrogens is 348 g/mol. The lowest BCUT2D eigenvalue weighted by Gasteiger charge is -2.18. The predicted octanol–water partition coefficient (Wildman–Crippen LogP) is 6.25. The van der Waals surface area contributed by atoms with E-state index in [0.29, 0.717) is 23.7 Å². The van der Waals surface area contributed by atoms with Crippen molar-refractivity contribution in [2.24, 2.45) is 0 Å². The Morgan fingerprint density at radius 1 is 1.07 bits per heavy atom. The lowest BCUT2D eigenvalue weighted by Crippen LogP contribution is -2.10. The first-order chi connectivity index (χ1) is 13.2. The fraction of sp³-hybridized carbons (Fsp3) is 0.320. The van der Waals surface area contributed by atoms with Gasteiger partial charge in [0.1, 0.15) is 18.1 Å². The first-order valence-electron chi connectivity index (χ1n) is 9.61. The Bertz CT molecular complexity index is 951. The lowest BCUT2D eigenvalue weighted by molar-refractivity contribution is 0.101. The molecule has 0 spiro atoms. The standard InChI is InChI=1S/C25H28O3/c1-16(2)13-14-27-21-12-11-20-23(26)22(28-24(20)17(21)3)15-18-7-9-19(10-8-18)25(4,5)6/h7-13,15H,14H2,1-6H3/b22-15-. The van der Waals surface area contributed by atoms with Crippen LogP contribution in [0, 0.1) is 6.92 Å². The van der Waals surface area contributed by atoms with Gasteiger partial charge in [0, 0.05) is 5.56 Å².